The molecule has 0 aliphatic carbocycles. The van der Waals surface area contributed by atoms with Gasteiger partial charge in [-0.1, -0.05) is 0 Å². The predicted molar refractivity (Wildman–Crippen MR) is 58.9 cm³/mol. The van der Waals surface area contributed by atoms with E-state index in [1.165, 1.54) is 13.1 Å². The van der Waals surface area contributed by atoms with E-state index in [0.717, 1.165) is 4.68 Å². The molecular formula is C10H10F2N4O3. The van der Waals surface area contributed by atoms with Crippen molar-refractivity contribution in [1.29, 1.82) is 0 Å². The summed E-state index contributed by atoms with van der Waals surface area (Å²) in [5, 5.41) is 10.5. The second-order valence-corrected chi connectivity index (χ2v) is 3.61. The molecule has 0 aliphatic rings. The molecule has 7 nitrogen and oxygen atoms in total. The van der Waals surface area contributed by atoms with Gasteiger partial charge in [-0.15, -0.1) is 0 Å². The number of carbonyl (C=O) groups excluding carboxylic acids is 1. The van der Waals surface area contributed by atoms with Crippen molar-refractivity contribution in [1.82, 2.24) is 20.0 Å². The first-order valence-corrected chi connectivity index (χ1v) is 5.17. The van der Waals surface area contributed by atoms with Crippen molar-refractivity contribution in [3.8, 4) is 23.0 Å². The first kappa shape index (κ1) is 13.0. The number of carbonyl (C=O) groups is 1. The van der Waals surface area contributed by atoms with E-state index in [1.807, 2.05) is 0 Å². The van der Waals surface area contributed by atoms with Gasteiger partial charge in [-0.25, -0.2) is 4.68 Å². The summed E-state index contributed by atoms with van der Waals surface area (Å²) in [6.07, 6.45) is 0. The highest BCUT2D eigenvalue weighted by molar-refractivity contribution is 5.67. The van der Waals surface area contributed by atoms with Crippen molar-refractivity contribution < 1.29 is 23.0 Å². The summed E-state index contributed by atoms with van der Waals surface area (Å²) in [5.41, 5.74) is 1.01. The molecule has 0 fully saturated rings. The van der Waals surface area contributed by atoms with Crippen LogP contribution in [0.4, 0.5) is 8.78 Å². The molecule has 0 aromatic carbocycles. The Labute approximate surface area is 106 Å². The number of aromatic nitrogens is 4. The van der Waals surface area contributed by atoms with Gasteiger partial charge in [0.15, 0.2) is 11.4 Å². The number of H-pyrrole nitrogens is 1. The molecule has 2 aromatic heterocycles. The Morgan fingerprint density at radius 3 is 2.89 bits per heavy atom. The van der Waals surface area contributed by atoms with Gasteiger partial charge < -0.3 is 9.47 Å². The molecule has 1 N–H and O–H groups in total. The number of nitrogens with zero attached hydrogens (tertiary/aromatic N) is 3. The van der Waals surface area contributed by atoms with Crippen LogP contribution in [0.5, 0.6) is 11.6 Å². The van der Waals surface area contributed by atoms with Crippen LogP contribution in [0.25, 0.3) is 11.4 Å². The third kappa shape index (κ3) is 2.54. The maximum Gasteiger partial charge on any atom is 0.388 e. The Kier molecular flexibility index (Phi) is 3.45. The lowest BCUT2D eigenvalue weighted by Crippen LogP contribution is -2.05. The maximum absolute atomic E-state index is 12.2. The number of halogens is 2. The molecule has 0 radical (unpaired) electrons. The van der Waals surface area contributed by atoms with Crippen molar-refractivity contribution >= 4 is 6.47 Å². The van der Waals surface area contributed by atoms with Crippen LogP contribution in [-0.4, -0.2) is 33.1 Å². The summed E-state index contributed by atoms with van der Waals surface area (Å²) in [6.45, 7) is -1.05. The van der Waals surface area contributed by atoms with Gasteiger partial charge in [0.05, 0.1) is 5.69 Å². The molecule has 0 amide bonds. The van der Waals surface area contributed by atoms with Crippen molar-refractivity contribution in [2.75, 3.05) is 0 Å². The lowest BCUT2D eigenvalue weighted by atomic mass is 10.2. The minimum atomic E-state index is -2.95. The largest absolute Gasteiger partial charge is 0.424 e. The lowest BCUT2D eigenvalue weighted by Gasteiger charge is -2.01. The summed E-state index contributed by atoms with van der Waals surface area (Å²) in [7, 11) is 1.45. The molecule has 0 spiro atoms. The van der Waals surface area contributed by atoms with E-state index in [0.29, 0.717) is 5.69 Å². The molecule has 0 bridgehead atoms. The summed E-state index contributed by atoms with van der Waals surface area (Å²) in [5.74, 6) is 0.0689. The van der Waals surface area contributed by atoms with Crippen molar-refractivity contribution in [3.05, 3.63) is 11.8 Å². The van der Waals surface area contributed by atoms with Crippen molar-refractivity contribution in [2.45, 2.75) is 13.5 Å². The van der Waals surface area contributed by atoms with Crippen LogP contribution in [0.3, 0.4) is 0 Å². The molecule has 0 saturated heterocycles. The highest BCUT2D eigenvalue weighted by Crippen LogP contribution is 2.31. The number of aryl methyl sites for hydroxylation is 2. The highest BCUT2D eigenvalue weighted by Gasteiger charge is 2.19. The summed E-state index contributed by atoms with van der Waals surface area (Å²) in [4.78, 5) is 10.4. The van der Waals surface area contributed by atoms with E-state index in [1.54, 1.807) is 6.92 Å². The summed E-state index contributed by atoms with van der Waals surface area (Å²) in [6, 6.07) is 1.28. The van der Waals surface area contributed by atoms with E-state index < -0.39 is 6.61 Å². The Morgan fingerprint density at radius 2 is 2.26 bits per heavy atom. The number of nitrogens with one attached hydrogen (secondary N) is 1. The SMILES string of the molecule is Cc1[nH]nc(-c2cc(OC(F)F)n(C)n2)c1OC=O. The van der Waals surface area contributed by atoms with Gasteiger partial charge in [0.2, 0.25) is 5.88 Å². The van der Waals surface area contributed by atoms with Gasteiger partial charge in [-0.2, -0.15) is 19.0 Å². The average Bonchev–Trinajstić information content (AvgIpc) is 2.85. The third-order valence-corrected chi connectivity index (χ3v) is 2.35. The molecule has 0 unspecified atom stereocenters. The second-order valence-electron chi connectivity index (χ2n) is 3.61. The van der Waals surface area contributed by atoms with Crippen LogP contribution in [0.2, 0.25) is 0 Å². The Hall–Kier alpha value is -2.45. The van der Waals surface area contributed by atoms with Crippen LogP contribution in [-0.2, 0) is 11.8 Å². The number of rotatable bonds is 5. The van der Waals surface area contributed by atoms with Crippen LogP contribution in [0.15, 0.2) is 6.07 Å². The zero-order chi connectivity index (χ0) is 14.0. The topological polar surface area (TPSA) is 82.0 Å². The van der Waals surface area contributed by atoms with E-state index in [9.17, 15) is 13.6 Å². The van der Waals surface area contributed by atoms with Crippen LogP contribution < -0.4 is 9.47 Å². The number of aromatic amines is 1. The van der Waals surface area contributed by atoms with Gasteiger partial charge in [0.1, 0.15) is 5.69 Å². The maximum atomic E-state index is 12.2. The number of hydrogen-bond donors (Lipinski definition) is 1. The second kappa shape index (κ2) is 5.04. The van der Waals surface area contributed by atoms with E-state index >= 15 is 0 Å². The molecule has 102 valence electrons. The normalized spacial score (nSPS) is 10.8. The van der Waals surface area contributed by atoms with Crippen LogP contribution in [0.1, 0.15) is 5.69 Å². The van der Waals surface area contributed by atoms with Gasteiger partial charge >= 0.3 is 6.61 Å². The van der Waals surface area contributed by atoms with Gasteiger partial charge in [0, 0.05) is 13.1 Å². The highest BCUT2D eigenvalue weighted by atomic mass is 19.3. The van der Waals surface area contributed by atoms with Crippen molar-refractivity contribution in [3.63, 3.8) is 0 Å². The average molecular weight is 272 g/mol. The van der Waals surface area contributed by atoms with Crippen molar-refractivity contribution in [2.24, 2.45) is 7.05 Å². The van der Waals surface area contributed by atoms with Gasteiger partial charge in [-0.05, 0) is 6.92 Å². The third-order valence-electron chi connectivity index (χ3n) is 2.35. The van der Waals surface area contributed by atoms with Gasteiger partial charge in [-0.3, -0.25) is 9.89 Å². The van der Waals surface area contributed by atoms with Crippen LogP contribution >= 0.6 is 0 Å². The zero-order valence-electron chi connectivity index (χ0n) is 10.1. The number of hydrogen-bond acceptors (Lipinski definition) is 5. The van der Waals surface area contributed by atoms with E-state index in [4.69, 9.17) is 4.74 Å². The smallest absolute Gasteiger partial charge is 0.388 e. The van der Waals surface area contributed by atoms with E-state index in [-0.39, 0.29) is 29.5 Å². The standard InChI is InChI=1S/C10H10F2N4O3/c1-5-9(18-4-17)8(14-13-5)6-3-7(16(2)15-6)19-10(11)12/h3-4,10H,1-2H3,(H,13,14). The fourth-order valence-electron chi connectivity index (χ4n) is 1.55. The summed E-state index contributed by atoms with van der Waals surface area (Å²) >= 11 is 0. The number of alkyl halides is 2. The zero-order valence-corrected chi connectivity index (χ0v) is 10.1. The fraction of sp³-hybridized carbons (Fsp3) is 0.300. The molecule has 2 rings (SSSR count). The molecular weight excluding hydrogens is 262 g/mol. The molecule has 19 heavy (non-hydrogen) atoms. The molecule has 0 atom stereocenters. The molecule has 2 aromatic rings. The predicted octanol–water partition coefficient (Wildman–Crippen LogP) is 1.26. The molecule has 0 aliphatic heterocycles. The molecule has 0 saturated carbocycles. The van der Waals surface area contributed by atoms with E-state index in [2.05, 4.69) is 20.0 Å². The molecule has 9 heteroatoms. The van der Waals surface area contributed by atoms with Crippen LogP contribution in [0, 0.1) is 6.92 Å². The Morgan fingerprint density at radius 1 is 1.53 bits per heavy atom. The Balaban J connectivity index is 2.39. The monoisotopic (exact) mass is 272 g/mol. The minimum absolute atomic E-state index is 0.122. The van der Waals surface area contributed by atoms with Gasteiger partial charge in [0.25, 0.3) is 6.47 Å². The minimum Gasteiger partial charge on any atom is -0.424 e. The first-order valence-electron chi connectivity index (χ1n) is 5.17. The Bertz CT molecular complexity index is 594. The summed E-state index contributed by atoms with van der Waals surface area (Å²) < 4.78 is 34.5. The molecule has 2 heterocycles. The first-order chi connectivity index (χ1) is 9.02. The quantitative estimate of drug-likeness (QED) is 0.828. The fourth-order valence-corrected chi connectivity index (χ4v) is 1.55. The number of ether oxygens (including phenoxy) is 2. The lowest BCUT2D eigenvalue weighted by molar-refractivity contribution is -0.120.